The van der Waals surface area contributed by atoms with E-state index >= 15 is 0 Å². The number of hydrogen-bond acceptors (Lipinski definition) is 2. The molecule has 1 aliphatic carbocycles. The number of amides is 2. The number of nitrogens with one attached hydrogen (secondary N) is 2. The van der Waals surface area contributed by atoms with Gasteiger partial charge in [0, 0.05) is 12.1 Å². The van der Waals surface area contributed by atoms with Gasteiger partial charge in [0.05, 0.1) is 6.04 Å². The number of carbonyl (C=O) groups excluding carboxylic acids is 2. The number of hydrogen-bond donors (Lipinski definition) is 2. The van der Waals surface area contributed by atoms with Crippen molar-refractivity contribution in [2.24, 2.45) is 0 Å². The fraction of sp³-hybridized carbons (Fsp3) is 0.200. The van der Waals surface area contributed by atoms with Crippen molar-refractivity contribution in [1.82, 2.24) is 10.6 Å². The predicted octanol–water partition coefficient (Wildman–Crippen LogP) is 3.05. The third-order valence-electron chi connectivity index (χ3n) is 4.39. The van der Waals surface area contributed by atoms with Gasteiger partial charge in [-0.3, -0.25) is 9.59 Å². The minimum absolute atomic E-state index is 0.162. The van der Waals surface area contributed by atoms with Gasteiger partial charge in [-0.15, -0.1) is 0 Å². The van der Waals surface area contributed by atoms with E-state index in [1.165, 1.54) is 12.1 Å². The predicted molar refractivity (Wildman–Crippen MR) is 93.4 cm³/mol. The Kier molecular flexibility index (Phi) is 4.93. The molecule has 2 aromatic rings. The number of carbonyl (C=O) groups is 2. The van der Waals surface area contributed by atoms with E-state index in [1.807, 2.05) is 6.07 Å². The fourth-order valence-electron chi connectivity index (χ4n) is 3.04. The first-order valence-corrected chi connectivity index (χ1v) is 8.16. The maximum absolute atomic E-state index is 13.8. The summed E-state index contributed by atoms with van der Waals surface area (Å²) in [5.74, 6) is -0.641. The highest BCUT2D eigenvalue weighted by molar-refractivity contribution is 5.94. The first-order valence-electron chi connectivity index (χ1n) is 8.16. The Hall–Kier alpha value is -2.95. The smallest absolute Gasteiger partial charge is 0.251 e. The Bertz CT molecular complexity index is 815. The molecule has 128 valence electrons. The third kappa shape index (κ3) is 3.76. The summed E-state index contributed by atoms with van der Waals surface area (Å²) < 4.78 is 13.8. The number of rotatable bonds is 5. The number of halogens is 1. The van der Waals surface area contributed by atoms with Gasteiger partial charge in [0.2, 0.25) is 5.91 Å². The van der Waals surface area contributed by atoms with Gasteiger partial charge in [0.15, 0.2) is 0 Å². The van der Waals surface area contributed by atoms with Crippen LogP contribution < -0.4 is 10.6 Å². The summed E-state index contributed by atoms with van der Waals surface area (Å²) in [4.78, 5) is 23.6. The van der Waals surface area contributed by atoms with Crippen LogP contribution in [-0.2, 0) is 17.8 Å². The maximum atomic E-state index is 13.8. The molecule has 0 heterocycles. The second-order valence-electron chi connectivity index (χ2n) is 5.99. The number of benzene rings is 2. The standard InChI is InChI=1S/C20H19FN2O2/c1-2-19(24)22-12-13-6-8-14(9-7-13)20(25)23-18-11-10-15-16(18)4-3-5-17(15)21/h2-9,18H,1,10-12H2,(H,22,24)(H,23,25)/t18-/m1/s1. The molecule has 3 rings (SSSR count). The van der Waals surface area contributed by atoms with Crippen molar-refractivity contribution in [2.75, 3.05) is 0 Å². The molecule has 0 aliphatic heterocycles. The van der Waals surface area contributed by atoms with Gasteiger partial charge < -0.3 is 10.6 Å². The van der Waals surface area contributed by atoms with Gasteiger partial charge in [-0.1, -0.05) is 30.8 Å². The van der Waals surface area contributed by atoms with Gasteiger partial charge in [0.1, 0.15) is 5.82 Å². The molecule has 5 heteroatoms. The van der Waals surface area contributed by atoms with E-state index in [1.54, 1.807) is 30.3 Å². The Morgan fingerprint density at radius 3 is 2.68 bits per heavy atom. The Balaban J connectivity index is 1.64. The monoisotopic (exact) mass is 338 g/mol. The molecule has 2 aromatic carbocycles. The third-order valence-corrected chi connectivity index (χ3v) is 4.39. The van der Waals surface area contributed by atoms with Gasteiger partial charge >= 0.3 is 0 Å². The summed E-state index contributed by atoms with van der Waals surface area (Å²) in [6, 6.07) is 11.8. The SMILES string of the molecule is C=CC(=O)NCc1ccc(C(=O)N[C@@H]2CCc3c(F)cccc32)cc1. The van der Waals surface area contributed by atoms with E-state index in [0.29, 0.717) is 30.5 Å². The summed E-state index contributed by atoms with van der Waals surface area (Å²) in [5, 5.41) is 5.65. The highest BCUT2D eigenvalue weighted by Gasteiger charge is 2.26. The topological polar surface area (TPSA) is 58.2 Å². The largest absolute Gasteiger partial charge is 0.348 e. The molecule has 1 atom stereocenters. The Morgan fingerprint density at radius 1 is 1.20 bits per heavy atom. The molecule has 2 N–H and O–H groups in total. The van der Waals surface area contributed by atoms with Crippen LogP contribution in [0.1, 0.15) is 39.5 Å². The van der Waals surface area contributed by atoms with E-state index < -0.39 is 0 Å². The Labute approximate surface area is 145 Å². The molecule has 0 bridgehead atoms. The lowest BCUT2D eigenvalue weighted by Crippen LogP contribution is -2.27. The molecule has 0 unspecified atom stereocenters. The zero-order valence-electron chi connectivity index (χ0n) is 13.7. The van der Waals surface area contributed by atoms with Crippen LogP contribution in [0.5, 0.6) is 0 Å². The molecule has 2 amide bonds. The quantitative estimate of drug-likeness (QED) is 0.823. The van der Waals surface area contributed by atoms with Gasteiger partial charge in [-0.05, 0) is 53.8 Å². The molecule has 0 radical (unpaired) electrons. The molecule has 4 nitrogen and oxygen atoms in total. The average molecular weight is 338 g/mol. The summed E-state index contributed by atoms with van der Waals surface area (Å²) in [7, 11) is 0. The molecular weight excluding hydrogens is 319 g/mol. The van der Waals surface area contributed by atoms with Crippen molar-refractivity contribution in [2.45, 2.75) is 25.4 Å². The van der Waals surface area contributed by atoms with Crippen LogP contribution in [0.4, 0.5) is 4.39 Å². The highest BCUT2D eigenvalue weighted by Crippen LogP contribution is 2.32. The van der Waals surface area contributed by atoms with Gasteiger partial charge in [-0.2, -0.15) is 0 Å². The lowest BCUT2D eigenvalue weighted by Gasteiger charge is -2.14. The van der Waals surface area contributed by atoms with E-state index in [0.717, 1.165) is 11.1 Å². The normalized spacial score (nSPS) is 15.3. The van der Waals surface area contributed by atoms with Crippen LogP contribution >= 0.6 is 0 Å². The van der Waals surface area contributed by atoms with E-state index in [9.17, 15) is 14.0 Å². The second-order valence-corrected chi connectivity index (χ2v) is 5.99. The molecule has 25 heavy (non-hydrogen) atoms. The van der Waals surface area contributed by atoms with Crippen molar-refractivity contribution in [3.05, 3.63) is 83.2 Å². The van der Waals surface area contributed by atoms with Crippen molar-refractivity contribution in [1.29, 1.82) is 0 Å². The van der Waals surface area contributed by atoms with Crippen molar-refractivity contribution in [3.8, 4) is 0 Å². The van der Waals surface area contributed by atoms with Crippen molar-refractivity contribution >= 4 is 11.8 Å². The van der Waals surface area contributed by atoms with Crippen LogP contribution in [0, 0.1) is 5.82 Å². The first kappa shape index (κ1) is 16.9. The van der Waals surface area contributed by atoms with Gasteiger partial charge in [0.25, 0.3) is 5.91 Å². The van der Waals surface area contributed by atoms with Crippen LogP contribution in [0.3, 0.4) is 0 Å². The minimum Gasteiger partial charge on any atom is -0.348 e. The second kappa shape index (κ2) is 7.30. The lowest BCUT2D eigenvalue weighted by molar-refractivity contribution is -0.116. The summed E-state index contributed by atoms with van der Waals surface area (Å²) in [5.41, 5.74) is 2.97. The molecule has 0 spiro atoms. The fourth-order valence-corrected chi connectivity index (χ4v) is 3.04. The first-order chi connectivity index (χ1) is 12.1. The zero-order chi connectivity index (χ0) is 17.8. The van der Waals surface area contributed by atoms with E-state index in [-0.39, 0.29) is 23.7 Å². The lowest BCUT2D eigenvalue weighted by atomic mass is 10.1. The molecule has 0 fully saturated rings. The molecular formula is C20H19FN2O2. The van der Waals surface area contributed by atoms with E-state index in [2.05, 4.69) is 17.2 Å². The number of fused-ring (bicyclic) bond motifs is 1. The average Bonchev–Trinajstić information content (AvgIpc) is 3.04. The molecule has 1 aliphatic rings. The highest BCUT2D eigenvalue weighted by atomic mass is 19.1. The van der Waals surface area contributed by atoms with Crippen LogP contribution in [-0.4, -0.2) is 11.8 Å². The van der Waals surface area contributed by atoms with Crippen molar-refractivity contribution < 1.29 is 14.0 Å². The molecule has 0 saturated heterocycles. The zero-order valence-corrected chi connectivity index (χ0v) is 13.7. The van der Waals surface area contributed by atoms with Crippen LogP contribution in [0.15, 0.2) is 55.1 Å². The summed E-state index contributed by atoms with van der Waals surface area (Å²) in [6.07, 6.45) is 2.55. The summed E-state index contributed by atoms with van der Waals surface area (Å²) >= 11 is 0. The molecule has 0 saturated carbocycles. The minimum atomic E-state index is -0.242. The Morgan fingerprint density at radius 2 is 1.96 bits per heavy atom. The van der Waals surface area contributed by atoms with Crippen LogP contribution in [0.25, 0.3) is 0 Å². The maximum Gasteiger partial charge on any atom is 0.251 e. The molecule has 0 aromatic heterocycles. The van der Waals surface area contributed by atoms with Crippen molar-refractivity contribution in [3.63, 3.8) is 0 Å². The summed E-state index contributed by atoms with van der Waals surface area (Å²) in [6.45, 7) is 3.77. The van der Waals surface area contributed by atoms with Crippen LogP contribution in [0.2, 0.25) is 0 Å². The van der Waals surface area contributed by atoms with Gasteiger partial charge in [-0.25, -0.2) is 4.39 Å². The van der Waals surface area contributed by atoms with E-state index in [4.69, 9.17) is 0 Å².